The molecule has 3 aromatic rings. The lowest BCUT2D eigenvalue weighted by molar-refractivity contribution is -0.128. The molecule has 0 atom stereocenters. The number of thiophene rings is 1. The lowest BCUT2D eigenvalue weighted by atomic mass is 9.97. The molecular formula is C23H26N4O2S2. The summed E-state index contributed by atoms with van der Waals surface area (Å²) in [7, 11) is 0. The lowest BCUT2D eigenvalue weighted by Gasteiger charge is -2.36. The molecule has 2 aliphatic rings. The number of rotatable bonds is 4. The van der Waals surface area contributed by atoms with Gasteiger partial charge in [0.05, 0.1) is 11.1 Å². The van der Waals surface area contributed by atoms with Crippen LogP contribution < -0.4 is 10.5 Å². The average Bonchev–Trinajstić information content (AvgIpc) is 3.16. The molecule has 5 rings (SSSR count). The summed E-state index contributed by atoms with van der Waals surface area (Å²) in [5.41, 5.74) is 3.60. The minimum atomic E-state index is -0.0638. The van der Waals surface area contributed by atoms with E-state index in [1.807, 2.05) is 4.90 Å². The molecule has 162 valence electrons. The minimum absolute atomic E-state index is 0.0638. The molecule has 31 heavy (non-hydrogen) atoms. The highest BCUT2D eigenvalue weighted by Gasteiger charge is 2.23. The summed E-state index contributed by atoms with van der Waals surface area (Å²) < 4.78 is 0. The Hall–Kier alpha value is -2.32. The number of carbonyl (C=O) groups is 1. The van der Waals surface area contributed by atoms with E-state index in [2.05, 4.69) is 46.1 Å². The summed E-state index contributed by atoms with van der Waals surface area (Å²) in [5.74, 6) is 0.395. The van der Waals surface area contributed by atoms with Crippen molar-refractivity contribution in [1.82, 2.24) is 14.9 Å². The summed E-state index contributed by atoms with van der Waals surface area (Å²) in [5, 5.41) is 1.31. The monoisotopic (exact) mass is 454 g/mol. The number of hydrogen-bond donors (Lipinski definition) is 1. The predicted molar refractivity (Wildman–Crippen MR) is 128 cm³/mol. The summed E-state index contributed by atoms with van der Waals surface area (Å²) >= 11 is 2.98. The second kappa shape index (κ2) is 8.67. The number of fused-ring (bicyclic) bond motifs is 3. The smallest absolute Gasteiger partial charge is 0.260 e. The SMILES string of the molecule is Cc1cccc(N2CCN(C(=O)CSc3nc4sc5c(c4c(=O)[nH]3)CCCC5)CC2)c1. The van der Waals surface area contributed by atoms with E-state index in [1.165, 1.54) is 39.9 Å². The second-order valence-corrected chi connectivity index (χ2v) is 10.3. The molecule has 1 aliphatic heterocycles. The number of piperazine rings is 1. The Morgan fingerprint density at radius 1 is 1.19 bits per heavy atom. The molecule has 0 radical (unpaired) electrons. The summed E-state index contributed by atoms with van der Waals surface area (Å²) in [4.78, 5) is 39.4. The van der Waals surface area contributed by atoms with Crippen LogP contribution in [0.15, 0.2) is 34.2 Å². The molecule has 1 amide bonds. The van der Waals surface area contributed by atoms with Gasteiger partial charge in [0.15, 0.2) is 5.16 Å². The van der Waals surface area contributed by atoms with Crippen molar-refractivity contribution in [3.8, 4) is 0 Å². The molecule has 8 heteroatoms. The molecule has 0 bridgehead atoms. The number of benzene rings is 1. The fourth-order valence-electron chi connectivity index (χ4n) is 4.47. The van der Waals surface area contributed by atoms with E-state index in [0.29, 0.717) is 24.0 Å². The number of H-pyrrole nitrogens is 1. The quantitative estimate of drug-likeness (QED) is 0.482. The van der Waals surface area contributed by atoms with Crippen LogP contribution in [0, 0.1) is 6.92 Å². The molecule has 1 aliphatic carbocycles. The fourth-order valence-corrected chi connectivity index (χ4v) is 6.56. The molecule has 2 aromatic heterocycles. The Morgan fingerprint density at radius 2 is 2.00 bits per heavy atom. The Bertz CT molecular complexity index is 1180. The number of nitrogens with one attached hydrogen (secondary N) is 1. The predicted octanol–water partition coefficient (Wildman–Crippen LogP) is 3.61. The maximum Gasteiger partial charge on any atom is 0.260 e. The van der Waals surface area contributed by atoms with Crippen LogP contribution in [0.3, 0.4) is 0 Å². The third-order valence-corrected chi connectivity index (χ3v) is 8.18. The number of amides is 1. The van der Waals surface area contributed by atoms with Crippen molar-refractivity contribution in [2.75, 3.05) is 36.8 Å². The van der Waals surface area contributed by atoms with Crippen molar-refractivity contribution in [3.05, 3.63) is 50.6 Å². The van der Waals surface area contributed by atoms with Crippen LogP contribution in [0.2, 0.25) is 0 Å². The number of thioether (sulfide) groups is 1. The molecule has 0 unspecified atom stereocenters. The number of aryl methyl sites for hydroxylation is 3. The maximum absolute atomic E-state index is 12.7. The van der Waals surface area contributed by atoms with Crippen LogP contribution in [0.4, 0.5) is 5.69 Å². The van der Waals surface area contributed by atoms with Crippen molar-refractivity contribution in [3.63, 3.8) is 0 Å². The van der Waals surface area contributed by atoms with Gasteiger partial charge in [-0.25, -0.2) is 4.98 Å². The summed E-state index contributed by atoms with van der Waals surface area (Å²) in [6.07, 6.45) is 4.34. The first-order valence-electron chi connectivity index (χ1n) is 10.9. The van der Waals surface area contributed by atoms with Crippen LogP contribution in [-0.2, 0) is 17.6 Å². The van der Waals surface area contributed by atoms with Crippen molar-refractivity contribution in [2.45, 2.75) is 37.8 Å². The van der Waals surface area contributed by atoms with Crippen LogP contribution in [0.1, 0.15) is 28.8 Å². The van der Waals surface area contributed by atoms with Gasteiger partial charge >= 0.3 is 0 Å². The largest absolute Gasteiger partial charge is 0.368 e. The number of hydrogen-bond acceptors (Lipinski definition) is 6. The molecule has 0 spiro atoms. The van der Waals surface area contributed by atoms with Gasteiger partial charge in [-0.3, -0.25) is 9.59 Å². The average molecular weight is 455 g/mol. The van der Waals surface area contributed by atoms with Crippen molar-refractivity contribution in [2.24, 2.45) is 0 Å². The first-order chi connectivity index (χ1) is 15.1. The zero-order valence-electron chi connectivity index (χ0n) is 17.6. The number of aromatic amines is 1. The number of aromatic nitrogens is 2. The van der Waals surface area contributed by atoms with Crippen molar-refractivity contribution >= 4 is 44.9 Å². The van der Waals surface area contributed by atoms with E-state index in [4.69, 9.17) is 0 Å². The number of nitrogens with zero attached hydrogens (tertiary/aromatic N) is 3. The van der Waals surface area contributed by atoms with Gasteiger partial charge in [0.2, 0.25) is 5.91 Å². The van der Waals surface area contributed by atoms with E-state index < -0.39 is 0 Å². The van der Waals surface area contributed by atoms with Crippen LogP contribution in [0.5, 0.6) is 0 Å². The summed E-state index contributed by atoms with van der Waals surface area (Å²) in [6, 6.07) is 8.49. The normalized spacial score (nSPS) is 16.5. The Kier molecular flexibility index (Phi) is 5.75. The van der Waals surface area contributed by atoms with Gasteiger partial charge in [-0.2, -0.15) is 0 Å². The topological polar surface area (TPSA) is 69.3 Å². The second-order valence-electron chi connectivity index (χ2n) is 8.26. The minimum Gasteiger partial charge on any atom is -0.368 e. The number of anilines is 1. The molecule has 0 saturated carbocycles. The van der Waals surface area contributed by atoms with Gasteiger partial charge in [0.25, 0.3) is 5.56 Å². The van der Waals surface area contributed by atoms with Gasteiger partial charge in [-0.15, -0.1) is 11.3 Å². The zero-order valence-corrected chi connectivity index (χ0v) is 19.3. The number of carbonyl (C=O) groups excluding carboxylic acids is 1. The Labute approximate surface area is 189 Å². The van der Waals surface area contributed by atoms with Crippen LogP contribution >= 0.6 is 23.1 Å². The van der Waals surface area contributed by atoms with E-state index in [0.717, 1.165) is 42.6 Å². The van der Waals surface area contributed by atoms with Gasteiger partial charge in [-0.05, 0) is 55.9 Å². The molecule has 3 heterocycles. The third-order valence-electron chi connectivity index (χ3n) is 6.13. The van der Waals surface area contributed by atoms with Crippen LogP contribution in [-0.4, -0.2) is 52.7 Å². The maximum atomic E-state index is 12.7. The van der Waals surface area contributed by atoms with Crippen molar-refractivity contribution < 1.29 is 4.79 Å². The van der Waals surface area contributed by atoms with E-state index in [9.17, 15) is 9.59 Å². The highest BCUT2D eigenvalue weighted by atomic mass is 32.2. The fraction of sp³-hybridized carbons (Fsp3) is 0.435. The van der Waals surface area contributed by atoms with Gasteiger partial charge < -0.3 is 14.8 Å². The molecular weight excluding hydrogens is 428 g/mol. The van der Waals surface area contributed by atoms with E-state index >= 15 is 0 Å². The van der Waals surface area contributed by atoms with Gasteiger partial charge in [0.1, 0.15) is 4.83 Å². The molecule has 6 nitrogen and oxygen atoms in total. The molecule has 1 N–H and O–H groups in total. The summed E-state index contributed by atoms with van der Waals surface area (Å²) in [6.45, 7) is 5.20. The van der Waals surface area contributed by atoms with Crippen molar-refractivity contribution in [1.29, 1.82) is 0 Å². The standard InChI is InChI=1S/C23H26N4O2S2/c1-15-5-4-6-16(13-15)26-9-11-27(12-10-26)19(28)14-30-23-24-21(29)20-17-7-2-3-8-18(17)31-22(20)25-23/h4-6,13H,2-3,7-12,14H2,1H3,(H,24,25,29). The zero-order chi connectivity index (χ0) is 21.4. The highest BCUT2D eigenvalue weighted by molar-refractivity contribution is 7.99. The van der Waals surface area contributed by atoms with E-state index in [1.54, 1.807) is 11.3 Å². The first-order valence-corrected chi connectivity index (χ1v) is 12.7. The van der Waals surface area contributed by atoms with Crippen LogP contribution in [0.25, 0.3) is 10.2 Å². The lowest BCUT2D eigenvalue weighted by Crippen LogP contribution is -2.49. The third kappa shape index (κ3) is 4.23. The van der Waals surface area contributed by atoms with E-state index in [-0.39, 0.29) is 11.5 Å². The van der Waals surface area contributed by atoms with Gasteiger partial charge in [0, 0.05) is 36.7 Å². The Balaban J connectivity index is 1.21. The molecule has 1 aromatic carbocycles. The first kappa shape index (κ1) is 20.6. The molecule has 1 saturated heterocycles. The molecule has 1 fully saturated rings. The van der Waals surface area contributed by atoms with Gasteiger partial charge in [-0.1, -0.05) is 23.9 Å². The Morgan fingerprint density at radius 3 is 2.81 bits per heavy atom. The highest BCUT2D eigenvalue weighted by Crippen LogP contribution is 2.34.